The number of hydrogen-bond donors (Lipinski definition) is 2. The Morgan fingerprint density at radius 3 is 2.52 bits per heavy atom. The van der Waals surface area contributed by atoms with Gasteiger partial charge in [-0.2, -0.15) is 0 Å². The molecule has 2 rings (SSSR count). The molecule has 0 saturated heterocycles. The number of hydrogen-bond acceptors (Lipinski definition) is 5. The number of nitrogens with one attached hydrogen (secondary N) is 1. The van der Waals surface area contributed by atoms with Gasteiger partial charge in [-0.1, -0.05) is 13.8 Å². The number of aryl methyl sites for hydroxylation is 1. The van der Waals surface area contributed by atoms with Gasteiger partial charge in [0.1, 0.15) is 6.54 Å². The molecule has 0 fully saturated rings. The summed E-state index contributed by atoms with van der Waals surface area (Å²) in [6.07, 6.45) is 2.14. The van der Waals surface area contributed by atoms with Crippen molar-refractivity contribution in [2.45, 2.75) is 39.3 Å². The summed E-state index contributed by atoms with van der Waals surface area (Å²) in [5.41, 5.74) is 4.85. The number of rotatable bonds is 6. The Labute approximate surface area is 145 Å². The summed E-state index contributed by atoms with van der Waals surface area (Å²) in [6.45, 7) is 6.27. The van der Waals surface area contributed by atoms with Gasteiger partial charge in [-0.05, 0) is 19.3 Å². The van der Waals surface area contributed by atoms with Gasteiger partial charge in [-0.15, -0.1) is 0 Å². The molecular formula is C16H26N6O3. The van der Waals surface area contributed by atoms with Crippen LogP contribution in [-0.4, -0.2) is 36.7 Å². The van der Waals surface area contributed by atoms with Crippen LogP contribution in [0.3, 0.4) is 0 Å². The van der Waals surface area contributed by atoms with Gasteiger partial charge in [0.25, 0.3) is 5.56 Å². The SMILES string of the molecule is CC(C)CC(C)(CN)NC(=O)Cn1cnc2c1c(=O)n(C)c(=O)n2C. The summed E-state index contributed by atoms with van der Waals surface area (Å²) in [7, 11) is 2.94. The standard InChI is InChI=1S/C16H26N6O3/c1-10(2)6-16(3,8-17)19-11(23)7-22-9-18-13-12(22)14(24)21(5)15(25)20(13)4/h9-10H,6-8,17H2,1-5H3,(H,19,23). The van der Waals surface area contributed by atoms with Crippen LogP contribution >= 0.6 is 0 Å². The zero-order valence-electron chi connectivity index (χ0n) is 15.4. The zero-order valence-corrected chi connectivity index (χ0v) is 15.4. The first kappa shape index (κ1) is 18.9. The number of aromatic nitrogens is 4. The maximum absolute atomic E-state index is 12.5. The van der Waals surface area contributed by atoms with E-state index in [1.807, 2.05) is 6.92 Å². The fourth-order valence-electron chi connectivity index (χ4n) is 3.13. The molecule has 2 aromatic heterocycles. The highest BCUT2D eigenvalue weighted by molar-refractivity contribution is 5.79. The minimum absolute atomic E-state index is 0.0718. The Bertz CT molecular complexity index is 907. The molecule has 25 heavy (non-hydrogen) atoms. The lowest BCUT2D eigenvalue weighted by molar-refractivity contribution is -0.123. The van der Waals surface area contributed by atoms with Crippen LogP contribution in [0.1, 0.15) is 27.2 Å². The first-order valence-electron chi connectivity index (χ1n) is 8.21. The second-order valence-electron chi connectivity index (χ2n) is 7.16. The molecule has 3 N–H and O–H groups in total. The van der Waals surface area contributed by atoms with E-state index in [-0.39, 0.29) is 23.6 Å². The fourth-order valence-corrected chi connectivity index (χ4v) is 3.13. The highest BCUT2D eigenvalue weighted by Crippen LogP contribution is 2.15. The molecule has 1 unspecified atom stereocenters. The van der Waals surface area contributed by atoms with E-state index in [0.29, 0.717) is 12.5 Å². The van der Waals surface area contributed by atoms with Gasteiger partial charge in [-0.25, -0.2) is 9.78 Å². The van der Waals surface area contributed by atoms with Crippen LogP contribution in [0.25, 0.3) is 11.2 Å². The van der Waals surface area contributed by atoms with Crippen molar-refractivity contribution in [2.75, 3.05) is 6.54 Å². The Hall–Kier alpha value is -2.42. The van der Waals surface area contributed by atoms with Crippen LogP contribution in [0.4, 0.5) is 0 Å². The lowest BCUT2D eigenvalue weighted by Gasteiger charge is -2.31. The normalized spacial score (nSPS) is 14.0. The monoisotopic (exact) mass is 350 g/mol. The zero-order chi connectivity index (χ0) is 18.9. The van der Waals surface area contributed by atoms with Crippen molar-refractivity contribution in [2.24, 2.45) is 25.7 Å². The Morgan fingerprint density at radius 2 is 1.96 bits per heavy atom. The fraction of sp³-hybridized carbons (Fsp3) is 0.625. The number of fused-ring (bicyclic) bond motifs is 1. The molecule has 0 aliphatic heterocycles. The third-order valence-corrected chi connectivity index (χ3v) is 4.28. The number of imidazole rings is 1. The van der Waals surface area contributed by atoms with Crippen molar-refractivity contribution in [3.05, 3.63) is 27.2 Å². The minimum Gasteiger partial charge on any atom is -0.348 e. The highest BCUT2D eigenvalue weighted by Gasteiger charge is 2.26. The molecule has 138 valence electrons. The molecule has 0 spiro atoms. The topological polar surface area (TPSA) is 117 Å². The largest absolute Gasteiger partial charge is 0.348 e. The van der Waals surface area contributed by atoms with E-state index in [1.54, 1.807) is 0 Å². The number of carbonyl (C=O) groups is 1. The first-order valence-corrected chi connectivity index (χ1v) is 8.21. The molecule has 9 nitrogen and oxygen atoms in total. The van der Waals surface area contributed by atoms with Crippen molar-refractivity contribution in [3.63, 3.8) is 0 Å². The van der Waals surface area contributed by atoms with Gasteiger partial charge >= 0.3 is 5.69 Å². The molecule has 0 aliphatic rings. The lowest BCUT2D eigenvalue weighted by atomic mass is 9.91. The van der Waals surface area contributed by atoms with Crippen molar-refractivity contribution in [1.29, 1.82) is 0 Å². The van der Waals surface area contributed by atoms with Gasteiger partial charge in [-0.3, -0.25) is 18.7 Å². The summed E-state index contributed by atoms with van der Waals surface area (Å²) < 4.78 is 3.74. The van der Waals surface area contributed by atoms with E-state index in [9.17, 15) is 14.4 Å². The molecule has 2 heterocycles. The Balaban J connectivity index is 2.34. The summed E-state index contributed by atoms with van der Waals surface area (Å²) in [6, 6.07) is 0. The number of carbonyl (C=O) groups excluding carboxylic acids is 1. The predicted molar refractivity (Wildman–Crippen MR) is 95.3 cm³/mol. The molecule has 1 amide bonds. The molecule has 2 aromatic rings. The summed E-state index contributed by atoms with van der Waals surface area (Å²) in [5, 5.41) is 2.95. The smallest absolute Gasteiger partial charge is 0.332 e. The Morgan fingerprint density at radius 1 is 1.32 bits per heavy atom. The third-order valence-electron chi connectivity index (χ3n) is 4.28. The number of nitrogens with two attached hydrogens (primary N) is 1. The van der Waals surface area contributed by atoms with Crippen LogP contribution in [-0.2, 0) is 25.4 Å². The average Bonchev–Trinajstić information content (AvgIpc) is 2.93. The van der Waals surface area contributed by atoms with Crippen molar-refractivity contribution in [1.82, 2.24) is 24.0 Å². The molecule has 9 heteroatoms. The van der Waals surface area contributed by atoms with Crippen LogP contribution in [0, 0.1) is 5.92 Å². The Kier molecular flexibility index (Phi) is 5.17. The van der Waals surface area contributed by atoms with Gasteiger partial charge in [0.15, 0.2) is 11.2 Å². The molecule has 0 saturated carbocycles. The maximum atomic E-state index is 12.5. The van der Waals surface area contributed by atoms with Crippen molar-refractivity contribution < 1.29 is 4.79 Å². The number of amides is 1. The molecule has 0 radical (unpaired) electrons. The van der Waals surface area contributed by atoms with E-state index in [0.717, 1.165) is 11.0 Å². The summed E-state index contributed by atoms with van der Waals surface area (Å²) in [5.74, 6) is 0.119. The van der Waals surface area contributed by atoms with Crippen LogP contribution in [0.5, 0.6) is 0 Å². The quantitative estimate of drug-likeness (QED) is 0.715. The minimum atomic E-state index is -0.514. The molecular weight excluding hydrogens is 324 g/mol. The maximum Gasteiger partial charge on any atom is 0.332 e. The lowest BCUT2D eigenvalue weighted by Crippen LogP contribution is -2.53. The van der Waals surface area contributed by atoms with Crippen molar-refractivity contribution in [3.8, 4) is 0 Å². The van der Waals surface area contributed by atoms with E-state index in [2.05, 4.69) is 24.1 Å². The molecule has 0 aromatic carbocycles. The van der Waals surface area contributed by atoms with Crippen LogP contribution in [0.15, 0.2) is 15.9 Å². The van der Waals surface area contributed by atoms with Gasteiger partial charge in [0, 0.05) is 26.2 Å². The van der Waals surface area contributed by atoms with E-state index in [1.165, 1.54) is 29.6 Å². The van der Waals surface area contributed by atoms with Crippen LogP contribution in [0.2, 0.25) is 0 Å². The molecule has 0 bridgehead atoms. The van der Waals surface area contributed by atoms with E-state index >= 15 is 0 Å². The average molecular weight is 350 g/mol. The van der Waals surface area contributed by atoms with Gasteiger partial charge < -0.3 is 15.6 Å². The molecule has 0 aliphatic carbocycles. The van der Waals surface area contributed by atoms with Crippen LogP contribution < -0.4 is 22.3 Å². The van der Waals surface area contributed by atoms with Gasteiger partial charge in [0.2, 0.25) is 5.91 Å². The molecule has 1 atom stereocenters. The second kappa shape index (κ2) is 6.83. The number of nitrogens with zero attached hydrogens (tertiary/aromatic N) is 4. The predicted octanol–water partition coefficient (Wildman–Crippen LogP) is -0.687. The first-order chi connectivity index (χ1) is 11.6. The summed E-state index contributed by atoms with van der Waals surface area (Å²) in [4.78, 5) is 40.9. The van der Waals surface area contributed by atoms with Gasteiger partial charge in [0.05, 0.1) is 6.33 Å². The highest BCUT2D eigenvalue weighted by atomic mass is 16.2. The third kappa shape index (κ3) is 3.65. The second-order valence-corrected chi connectivity index (χ2v) is 7.16. The van der Waals surface area contributed by atoms with E-state index in [4.69, 9.17) is 5.73 Å². The van der Waals surface area contributed by atoms with E-state index < -0.39 is 16.8 Å². The van der Waals surface area contributed by atoms with Crippen molar-refractivity contribution >= 4 is 17.1 Å². The summed E-state index contributed by atoms with van der Waals surface area (Å²) >= 11 is 0.